The summed E-state index contributed by atoms with van der Waals surface area (Å²) in [5, 5.41) is 14.4. The number of nitro groups is 1. The van der Waals surface area contributed by atoms with E-state index in [0.29, 0.717) is 0 Å². The largest absolute Gasteiger partial charge is 0.379 e. The predicted octanol–water partition coefficient (Wildman–Crippen LogP) is 3.54. The van der Waals surface area contributed by atoms with Crippen LogP contribution in [-0.2, 0) is 4.74 Å². The molecule has 6 heteroatoms. The van der Waals surface area contributed by atoms with E-state index in [0.717, 1.165) is 30.5 Å². The van der Waals surface area contributed by atoms with Crippen molar-refractivity contribution >= 4 is 23.0 Å². The van der Waals surface area contributed by atoms with Crippen LogP contribution >= 0.6 is 11.6 Å². The molecule has 1 aliphatic rings. The number of nitrogens with one attached hydrogen (secondary N) is 1. The molecule has 1 saturated carbocycles. The summed E-state index contributed by atoms with van der Waals surface area (Å²) in [7, 11) is 1.71. The van der Waals surface area contributed by atoms with Gasteiger partial charge in [0.15, 0.2) is 0 Å². The molecule has 2 rings (SSSR count). The molecule has 0 amide bonds. The molecule has 0 radical (unpaired) electrons. The van der Waals surface area contributed by atoms with Crippen LogP contribution in [0.1, 0.15) is 24.8 Å². The van der Waals surface area contributed by atoms with Gasteiger partial charge in [-0.2, -0.15) is 0 Å². The highest BCUT2D eigenvalue weighted by molar-refractivity contribution is 6.33. The number of halogens is 1. The standard InChI is InChI=1S/C13H17ClN2O3/c1-8-6-12(16(17)18)9(14)7-11(8)15-10-4-3-5-13(10)19-2/h6-7,10,13,15H,3-5H2,1-2H3. The normalized spacial score (nSPS) is 22.5. The smallest absolute Gasteiger partial charge is 0.288 e. The number of hydrogen-bond acceptors (Lipinski definition) is 4. The van der Waals surface area contributed by atoms with E-state index >= 15 is 0 Å². The van der Waals surface area contributed by atoms with Gasteiger partial charge in [0, 0.05) is 18.9 Å². The SMILES string of the molecule is COC1CCCC1Nc1cc(Cl)c([N+](=O)[O-])cc1C. The summed E-state index contributed by atoms with van der Waals surface area (Å²) in [6.07, 6.45) is 3.38. The Hall–Kier alpha value is -1.33. The third-order valence-corrected chi connectivity index (χ3v) is 3.89. The van der Waals surface area contributed by atoms with Gasteiger partial charge < -0.3 is 10.1 Å². The number of benzene rings is 1. The minimum atomic E-state index is -0.466. The topological polar surface area (TPSA) is 64.4 Å². The van der Waals surface area contributed by atoms with Crippen molar-refractivity contribution in [2.45, 2.75) is 38.3 Å². The Morgan fingerprint density at radius 1 is 1.47 bits per heavy atom. The van der Waals surface area contributed by atoms with E-state index in [1.54, 1.807) is 13.2 Å². The van der Waals surface area contributed by atoms with E-state index in [9.17, 15) is 10.1 Å². The number of aryl methyl sites for hydroxylation is 1. The van der Waals surface area contributed by atoms with Crippen molar-refractivity contribution in [2.75, 3.05) is 12.4 Å². The maximum Gasteiger partial charge on any atom is 0.288 e. The number of anilines is 1. The van der Waals surface area contributed by atoms with E-state index in [-0.39, 0.29) is 22.9 Å². The second-order valence-corrected chi connectivity index (χ2v) is 5.24. The monoisotopic (exact) mass is 284 g/mol. The van der Waals surface area contributed by atoms with Gasteiger partial charge in [0.1, 0.15) is 5.02 Å². The van der Waals surface area contributed by atoms with Crippen LogP contribution in [-0.4, -0.2) is 24.2 Å². The van der Waals surface area contributed by atoms with E-state index in [1.165, 1.54) is 6.07 Å². The highest BCUT2D eigenvalue weighted by Crippen LogP contribution is 2.33. The molecule has 104 valence electrons. The van der Waals surface area contributed by atoms with Gasteiger partial charge in [0.2, 0.25) is 0 Å². The van der Waals surface area contributed by atoms with Gasteiger partial charge in [-0.25, -0.2) is 0 Å². The van der Waals surface area contributed by atoms with Crippen molar-refractivity contribution in [3.8, 4) is 0 Å². The molecule has 1 aromatic rings. The molecular formula is C13H17ClN2O3. The fourth-order valence-electron chi connectivity index (χ4n) is 2.53. The average molecular weight is 285 g/mol. The van der Waals surface area contributed by atoms with Crippen molar-refractivity contribution < 1.29 is 9.66 Å². The lowest BCUT2D eigenvalue weighted by Crippen LogP contribution is -2.30. The Labute approximate surface area is 117 Å². The van der Waals surface area contributed by atoms with Crippen LogP contribution in [0.3, 0.4) is 0 Å². The summed E-state index contributed by atoms with van der Waals surface area (Å²) in [6.45, 7) is 1.84. The molecule has 1 fully saturated rings. The van der Waals surface area contributed by atoms with Crippen molar-refractivity contribution in [2.24, 2.45) is 0 Å². The molecule has 5 nitrogen and oxygen atoms in total. The third-order valence-electron chi connectivity index (χ3n) is 3.59. The first-order chi connectivity index (χ1) is 9.02. The first-order valence-electron chi connectivity index (χ1n) is 6.26. The van der Waals surface area contributed by atoms with Crippen LogP contribution in [0.5, 0.6) is 0 Å². The number of methoxy groups -OCH3 is 1. The molecule has 0 spiro atoms. The van der Waals surface area contributed by atoms with E-state index < -0.39 is 4.92 Å². The Morgan fingerprint density at radius 3 is 2.84 bits per heavy atom. The summed E-state index contributed by atoms with van der Waals surface area (Å²) >= 11 is 5.94. The van der Waals surface area contributed by atoms with Crippen LogP contribution in [0.2, 0.25) is 5.02 Å². The Kier molecular flexibility index (Phi) is 4.27. The van der Waals surface area contributed by atoms with Crippen molar-refractivity contribution in [3.63, 3.8) is 0 Å². The summed E-state index contributed by atoms with van der Waals surface area (Å²) in [4.78, 5) is 10.3. The van der Waals surface area contributed by atoms with Crippen molar-refractivity contribution in [3.05, 3.63) is 32.8 Å². The highest BCUT2D eigenvalue weighted by Gasteiger charge is 2.27. The lowest BCUT2D eigenvalue weighted by molar-refractivity contribution is -0.384. The van der Waals surface area contributed by atoms with Crippen LogP contribution in [0.4, 0.5) is 11.4 Å². The molecule has 0 bridgehead atoms. The number of hydrogen-bond donors (Lipinski definition) is 1. The molecular weight excluding hydrogens is 268 g/mol. The van der Waals surface area contributed by atoms with E-state index in [4.69, 9.17) is 16.3 Å². The van der Waals surface area contributed by atoms with Crippen LogP contribution in [0.15, 0.2) is 12.1 Å². The second kappa shape index (κ2) is 5.75. The first kappa shape index (κ1) is 14.1. The summed E-state index contributed by atoms with van der Waals surface area (Å²) < 4.78 is 5.42. The first-order valence-corrected chi connectivity index (χ1v) is 6.64. The molecule has 0 aromatic heterocycles. The molecule has 19 heavy (non-hydrogen) atoms. The minimum Gasteiger partial charge on any atom is -0.379 e. The molecule has 2 atom stereocenters. The number of nitro benzene ring substituents is 1. The van der Waals surface area contributed by atoms with Gasteiger partial charge >= 0.3 is 0 Å². The lowest BCUT2D eigenvalue weighted by Gasteiger charge is -2.22. The van der Waals surface area contributed by atoms with Crippen LogP contribution in [0.25, 0.3) is 0 Å². The van der Waals surface area contributed by atoms with E-state index in [2.05, 4.69) is 5.32 Å². The predicted molar refractivity (Wildman–Crippen MR) is 74.9 cm³/mol. The van der Waals surface area contributed by atoms with Gasteiger partial charge in [-0.05, 0) is 37.8 Å². The highest BCUT2D eigenvalue weighted by atomic mass is 35.5. The zero-order valence-corrected chi connectivity index (χ0v) is 11.7. The molecule has 1 aliphatic carbocycles. The fraction of sp³-hybridized carbons (Fsp3) is 0.538. The maximum atomic E-state index is 10.8. The lowest BCUT2D eigenvalue weighted by atomic mass is 10.1. The van der Waals surface area contributed by atoms with Gasteiger partial charge in [0.05, 0.1) is 17.1 Å². The second-order valence-electron chi connectivity index (χ2n) is 4.83. The molecule has 0 aliphatic heterocycles. The summed E-state index contributed by atoms with van der Waals surface area (Å²) in [5.74, 6) is 0. The Bertz CT molecular complexity index is 493. The molecule has 1 aromatic carbocycles. The number of ether oxygens (including phenoxy) is 1. The zero-order valence-electron chi connectivity index (χ0n) is 11.0. The third kappa shape index (κ3) is 2.98. The maximum absolute atomic E-state index is 10.8. The summed E-state index contributed by atoms with van der Waals surface area (Å²) in [6, 6.07) is 3.36. The Balaban J connectivity index is 2.21. The van der Waals surface area contributed by atoms with Gasteiger partial charge in [-0.15, -0.1) is 0 Å². The van der Waals surface area contributed by atoms with Crippen molar-refractivity contribution in [1.82, 2.24) is 0 Å². The Morgan fingerprint density at radius 2 is 2.21 bits per heavy atom. The van der Waals surface area contributed by atoms with Crippen LogP contribution in [0, 0.1) is 17.0 Å². The molecule has 2 unspecified atom stereocenters. The molecule has 0 saturated heterocycles. The van der Waals surface area contributed by atoms with Gasteiger partial charge in [-0.1, -0.05) is 11.6 Å². The van der Waals surface area contributed by atoms with Gasteiger partial charge in [-0.3, -0.25) is 10.1 Å². The zero-order chi connectivity index (χ0) is 14.0. The minimum absolute atomic E-state index is 0.0561. The quantitative estimate of drug-likeness (QED) is 0.678. The number of rotatable bonds is 4. The van der Waals surface area contributed by atoms with Crippen LogP contribution < -0.4 is 5.32 Å². The van der Waals surface area contributed by atoms with Crippen molar-refractivity contribution in [1.29, 1.82) is 0 Å². The summed E-state index contributed by atoms with van der Waals surface area (Å²) in [5.41, 5.74) is 1.60. The van der Waals surface area contributed by atoms with E-state index in [1.807, 2.05) is 6.92 Å². The molecule has 0 heterocycles. The molecule has 1 N–H and O–H groups in total. The average Bonchev–Trinajstić information content (AvgIpc) is 2.80. The number of nitrogens with zero attached hydrogens (tertiary/aromatic N) is 1. The van der Waals surface area contributed by atoms with Gasteiger partial charge in [0.25, 0.3) is 5.69 Å². The fourth-order valence-corrected chi connectivity index (χ4v) is 2.77.